The predicted molar refractivity (Wildman–Crippen MR) is 71.3 cm³/mol. The van der Waals surface area contributed by atoms with Crippen LogP contribution in [-0.2, 0) is 0 Å². The molecule has 1 heterocycles. The number of aromatic amines is 1. The Kier molecular flexibility index (Phi) is 3.34. The molecule has 3 N–H and O–H groups in total. The first-order valence-corrected chi connectivity index (χ1v) is 5.68. The number of aromatic nitrogens is 2. The van der Waals surface area contributed by atoms with Crippen molar-refractivity contribution < 1.29 is 9.47 Å². The molecule has 0 saturated carbocycles. The minimum atomic E-state index is 0.392. The quantitative estimate of drug-likeness (QED) is 0.897. The number of halogens is 1. The van der Waals surface area contributed by atoms with Crippen LogP contribution in [-0.4, -0.2) is 24.4 Å². The van der Waals surface area contributed by atoms with Gasteiger partial charge < -0.3 is 15.2 Å². The lowest BCUT2D eigenvalue weighted by molar-refractivity contribution is 0.356. The zero-order valence-corrected chi connectivity index (χ0v) is 11.1. The molecule has 1 aromatic heterocycles. The smallest absolute Gasteiger partial charge is 0.171 e. The maximum absolute atomic E-state index is 6.33. The summed E-state index contributed by atoms with van der Waals surface area (Å²) in [6, 6.07) is 3.52. The molecule has 0 amide bonds. The lowest BCUT2D eigenvalue weighted by Crippen LogP contribution is -1.96. The summed E-state index contributed by atoms with van der Waals surface area (Å²) >= 11 is 6.33. The van der Waals surface area contributed by atoms with Crippen molar-refractivity contribution in [3.63, 3.8) is 0 Å². The SMILES string of the molecule is COc1cc(C)c(Cl)c(-c2cc(N)n[nH]2)c1OC. The van der Waals surface area contributed by atoms with Crippen LogP contribution in [0.15, 0.2) is 12.1 Å². The Bertz CT molecular complexity index is 581. The number of nitrogen functional groups attached to an aromatic ring is 1. The topological polar surface area (TPSA) is 73.2 Å². The molecule has 6 heteroatoms. The van der Waals surface area contributed by atoms with Gasteiger partial charge in [0.2, 0.25) is 0 Å². The predicted octanol–water partition coefficient (Wildman–Crippen LogP) is 2.64. The molecule has 0 atom stereocenters. The molecule has 0 unspecified atom stereocenters. The van der Waals surface area contributed by atoms with Crippen molar-refractivity contribution in [3.05, 3.63) is 22.7 Å². The number of rotatable bonds is 3. The third kappa shape index (κ3) is 1.97. The van der Waals surface area contributed by atoms with Gasteiger partial charge in [0.25, 0.3) is 0 Å². The van der Waals surface area contributed by atoms with Gasteiger partial charge in [-0.1, -0.05) is 11.6 Å². The molecule has 0 aliphatic heterocycles. The van der Waals surface area contributed by atoms with Gasteiger partial charge in [0.15, 0.2) is 11.5 Å². The van der Waals surface area contributed by atoms with Crippen LogP contribution in [0, 0.1) is 6.92 Å². The van der Waals surface area contributed by atoms with Crippen molar-refractivity contribution in [2.75, 3.05) is 20.0 Å². The first-order chi connectivity index (χ1) is 8.58. The summed E-state index contributed by atoms with van der Waals surface area (Å²) in [7, 11) is 3.14. The minimum Gasteiger partial charge on any atom is -0.493 e. The number of anilines is 1. The summed E-state index contributed by atoms with van der Waals surface area (Å²) in [5, 5.41) is 7.29. The molecule has 0 aliphatic rings. The van der Waals surface area contributed by atoms with E-state index < -0.39 is 0 Å². The Hall–Kier alpha value is -1.88. The zero-order chi connectivity index (χ0) is 13.3. The molecule has 0 spiro atoms. The number of aryl methyl sites for hydroxylation is 1. The van der Waals surface area contributed by atoms with Crippen molar-refractivity contribution in [2.45, 2.75) is 6.92 Å². The molecule has 18 heavy (non-hydrogen) atoms. The minimum absolute atomic E-state index is 0.392. The molecule has 2 aromatic rings. The van der Waals surface area contributed by atoms with Gasteiger partial charge in [0.05, 0.1) is 30.5 Å². The second-order valence-electron chi connectivity index (χ2n) is 3.82. The van der Waals surface area contributed by atoms with E-state index in [1.807, 2.05) is 13.0 Å². The van der Waals surface area contributed by atoms with Gasteiger partial charge in [-0.15, -0.1) is 0 Å². The van der Waals surface area contributed by atoms with Crippen molar-refractivity contribution in [2.24, 2.45) is 0 Å². The van der Waals surface area contributed by atoms with E-state index in [1.165, 1.54) is 0 Å². The van der Waals surface area contributed by atoms with Crippen LogP contribution in [0.4, 0.5) is 5.82 Å². The van der Waals surface area contributed by atoms with Gasteiger partial charge >= 0.3 is 0 Å². The fourth-order valence-corrected chi connectivity index (χ4v) is 2.05. The molecule has 1 aromatic carbocycles. The second kappa shape index (κ2) is 4.78. The van der Waals surface area contributed by atoms with Crippen LogP contribution in [0.5, 0.6) is 11.5 Å². The van der Waals surface area contributed by atoms with E-state index >= 15 is 0 Å². The number of hydrogen-bond acceptors (Lipinski definition) is 4. The molecule has 0 aliphatic carbocycles. The van der Waals surface area contributed by atoms with Gasteiger partial charge in [-0.3, -0.25) is 5.10 Å². The number of methoxy groups -OCH3 is 2. The van der Waals surface area contributed by atoms with Crippen LogP contribution in [0.3, 0.4) is 0 Å². The molecular formula is C12H14ClN3O2. The highest BCUT2D eigenvalue weighted by Crippen LogP contribution is 2.44. The highest BCUT2D eigenvalue weighted by atomic mass is 35.5. The number of hydrogen-bond donors (Lipinski definition) is 2. The molecule has 5 nitrogen and oxygen atoms in total. The average molecular weight is 268 g/mol. The fourth-order valence-electron chi connectivity index (χ4n) is 1.81. The summed E-state index contributed by atoms with van der Waals surface area (Å²) in [5.41, 5.74) is 7.88. The summed E-state index contributed by atoms with van der Waals surface area (Å²) in [6.07, 6.45) is 0. The van der Waals surface area contributed by atoms with Crippen LogP contribution >= 0.6 is 11.6 Å². The highest BCUT2D eigenvalue weighted by Gasteiger charge is 2.19. The first kappa shape index (κ1) is 12.6. The van der Waals surface area contributed by atoms with Crippen molar-refractivity contribution in [1.29, 1.82) is 0 Å². The van der Waals surface area contributed by atoms with Gasteiger partial charge in [-0.05, 0) is 18.6 Å². The van der Waals surface area contributed by atoms with Crippen molar-refractivity contribution in [3.8, 4) is 22.8 Å². The Morgan fingerprint density at radius 3 is 2.50 bits per heavy atom. The zero-order valence-electron chi connectivity index (χ0n) is 10.4. The van der Waals surface area contributed by atoms with E-state index in [1.54, 1.807) is 20.3 Å². The largest absolute Gasteiger partial charge is 0.493 e. The van der Waals surface area contributed by atoms with E-state index in [-0.39, 0.29) is 0 Å². The lowest BCUT2D eigenvalue weighted by Gasteiger charge is -2.15. The second-order valence-corrected chi connectivity index (χ2v) is 4.20. The van der Waals surface area contributed by atoms with E-state index in [0.29, 0.717) is 33.6 Å². The maximum atomic E-state index is 6.33. The fraction of sp³-hybridized carbons (Fsp3) is 0.250. The van der Waals surface area contributed by atoms with Gasteiger partial charge in [0, 0.05) is 6.07 Å². The number of nitrogens with two attached hydrogens (primary N) is 1. The van der Waals surface area contributed by atoms with Crippen LogP contribution in [0.25, 0.3) is 11.3 Å². The average Bonchev–Trinajstić information content (AvgIpc) is 2.78. The maximum Gasteiger partial charge on any atom is 0.171 e. The van der Waals surface area contributed by atoms with Crippen LogP contribution in [0.1, 0.15) is 5.56 Å². The number of benzene rings is 1. The summed E-state index contributed by atoms with van der Waals surface area (Å²) in [5.74, 6) is 1.56. The Morgan fingerprint density at radius 2 is 2.00 bits per heavy atom. The highest BCUT2D eigenvalue weighted by molar-refractivity contribution is 6.34. The van der Waals surface area contributed by atoms with Crippen LogP contribution < -0.4 is 15.2 Å². The first-order valence-electron chi connectivity index (χ1n) is 5.30. The molecule has 2 rings (SSSR count). The van der Waals surface area contributed by atoms with Gasteiger partial charge in [0.1, 0.15) is 5.82 Å². The van der Waals surface area contributed by atoms with Crippen LogP contribution in [0.2, 0.25) is 5.02 Å². The molecular weight excluding hydrogens is 254 g/mol. The summed E-state index contributed by atoms with van der Waals surface area (Å²) < 4.78 is 10.7. The monoisotopic (exact) mass is 267 g/mol. The number of nitrogens with one attached hydrogen (secondary N) is 1. The summed E-state index contributed by atoms with van der Waals surface area (Å²) in [6.45, 7) is 1.90. The summed E-state index contributed by atoms with van der Waals surface area (Å²) in [4.78, 5) is 0. The van der Waals surface area contributed by atoms with Gasteiger partial charge in [-0.25, -0.2) is 0 Å². The van der Waals surface area contributed by atoms with E-state index in [4.69, 9.17) is 26.8 Å². The molecule has 0 radical (unpaired) electrons. The Labute approximate surface area is 110 Å². The van der Waals surface area contributed by atoms with Crippen molar-refractivity contribution >= 4 is 17.4 Å². The third-order valence-corrected chi connectivity index (χ3v) is 3.14. The van der Waals surface area contributed by atoms with Crippen molar-refractivity contribution in [1.82, 2.24) is 10.2 Å². The number of ether oxygens (including phenoxy) is 2. The normalized spacial score (nSPS) is 10.4. The standard InChI is InChI=1S/C12H14ClN3O2/c1-6-4-8(17-2)12(18-3)10(11(6)13)7-5-9(14)16-15-7/h4-5H,1-3H3,(H3,14,15,16). The third-order valence-electron chi connectivity index (χ3n) is 2.66. The Balaban J connectivity index is 2.74. The molecule has 0 bridgehead atoms. The van der Waals surface area contributed by atoms with Gasteiger partial charge in [-0.2, -0.15) is 5.10 Å². The molecule has 0 saturated heterocycles. The number of nitrogens with zero attached hydrogens (tertiary/aromatic N) is 1. The lowest BCUT2D eigenvalue weighted by atomic mass is 10.1. The molecule has 96 valence electrons. The van der Waals surface area contributed by atoms with E-state index in [2.05, 4.69) is 10.2 Å². The van der Waals surface area contributed by atoms with E-state index in [9.17, 15) is 0 Å². The van der Waals surface area contributed by atoms with E-state index in [0.717, 1.165) is 5.56 Å². The number of H-pyrrole nitrogens is 1. The molecule has 0 fully saturated rings. The Morgan fingerprint density at radius 1 is 1.28 bits per heavy atom.